The molecule has 2 heterocycles. The summed E-state index contributed by atoms with van der Waals surface area (Å²) < 4.78 is 7.24. The molecule has 0 amide bonds. The van der Waals surface area contributed by atoms with E-state index in [1.165, 1.54) is 0 Å². The van der Waals surface area contributed by atoms with E-state index >= 15 is 0 Å². The summed E-state index contributed by atoms with van der Waals surface area (Å²) in [7, 11) is 1.96. The van der Waals surface area contributed by atoms with Crippen LogP contribution in [0, 0.1) is 0 Å². The first-order chi connectivity index (χ1) is 7.74. The number of anilines is 2. The summed E-state index contributed by atoms with van der Waals surface area (Å²) in [6.07, 6.45) is 2.02. The molecule has 1 fully saturated rings. The maximum Gasteiger partial charge on any atom is 0.150 e. The Hall–Kier alpha value is -1.23. The summed E-state index contributed by atoms with van der Waals surface area (Å²) in [6, 6.07) is 0. The van der Waals surface area contributed by atoms with Gasteiger partial charge < -0.3 is 15.4 Å². The molecule has 0 spiro atoms. The number of nitrogens with zero attached hydrogens (tertiary/aromatic N) is 3. The molecule has 0 bridgehead atoms. The second-order valence-corrected chi connectivity index (χ2v) is 4.16. The molecular formula is C11H20N4O. The molecular weight excluding hydrogens is 204 g/mol. The van der Waals surface area contributed by atoms with Crippen LogP contribution in [0.2, 0.25) is 0 Å². The molecule has 0 radical (unpaired) electrons. The van der Waals surface area contributed by atoms with Gasteiger partial charge in [0.25, 0.3) is 0 Å². The highest BCUT2D eigenvalue weighted by Crippen LogP contribution is 2.27. The number of aromatic nitrogens is 2. The van der Waals surface area contributed by atoms with Crippen molar-refractivity contribution in [3.8, 4) is 0 Å². The number of nitrogens with two attached hydrogens (primary N) is 1. The van der Waals surface area contributed by atoms with Gasteiger partial charge in [-0.2, -0.15) is 5.10 Å². The molecule has 0 aromatic carbocycles. The molecule has 0 aliphatic carbocycles. The van der Waals surface area contributed by atoms with Gasteiger partial charge in [0, 0.05) is 20.1 Å². The summed E-state index contributed by atoms with van der Waals surface area (Å²) in [5, 5.41) is 4.48. The number of ether oxygens (including phenoxy) is 1. The topological polar surface area (TPSA) is 56.3 Å². The van der Waals surface area contributed by atoms with E-state index in [0.717, 1.165) is 56.3 Å². The standard InChI is InChI=1S/C11H20N4O/c1-3-4-9-10(12)11(14(2)13-9)15-5-7-16-8-6-15/h3-8,12H2,1-2H3. The third-order valence-electron chi connectivity index (χ3n) is 2.93. The Bertz CT molecular complexity index is 355. The fraction of sp³-hybridized carbons (Fsp3) is 0.727. The molecule has 0 saturated carbocycles. The van der Waals surface area contributed by atoms with E-state index in [9.17, 15) is 0 Å². The molecule has 2 N–H and O–H groups in total. The molecule has 1 saturated heterocycles. The fourth-order valence-electron chi connectivity index (χ4n) is 2.16. The van der Waals surface area contributed by atoms with E-state index < -0.39 is 0 Å². The van der Waals surface area contributed by atoms with Crippen molar-refractivity contribution >= 4 is 11.5 Å². The first kappa shape index (κ1) is 11.3. The number of morpholine rings is 1. The van der Waals surface area contributed by atoms with E-state index in [0.29, 0.717) is 0 Å². The average Bonchev–Trinajstić information content (AvgIpc) is 2.56. The molecule has 1 aromatic heterocycles. The van der Waals surface area contributed by atoms with Gasteiger partial charge in [0.05, 0.1) is 24.6 Å². The Morgan fingerprint density at radius 2 is 2.06 bits per heavy atom. The van der Waals surface area contributed by atoms with E-state index in [-0.39, 0.29) is 0 Å². The zero-order valence-electron chi connectivity index (χ0n) is 10.1. The predicted molar refractivity (Wildman–Crippen MR) is 64.6 cm³/mol. The number of aryl methyl sites for hydroxylation is 2. The first-order valence-electron chi connectivity index (χ1n) is 5.88. The summed E-state index contributed by atoms with van der Waals surface area (Å²) >= 11 is 0. The summed E-state index contributed by atoms with van der Waals surface area (Å²) in [5.74, 6) is 1.05. The van der Waals surface area contributed by atoms with E-state index in [2.05, 4.69) is 16.9 Å². The van der Waals surface area contributed by atoms with Gasteiger partial charge in [0.1, 0.15) is 0 Å². The van der Waals surface area contributed by atoms with Crippen LogP contribution in [0.15, 0.2) is 0 Å². The van der Waals surface area contributed by atoms with Crippen molar-refractivity contribution in [2.75, 3.05) is 36.9 Å². The Morgan fingerprint density at radius 3 is 2.69 bits per heavy atom. The maximum atomic E-state index is 6.16. The second kappa shape index (κ2) is 4.74. The van der Waals surface area contributed by atoms with Crippen molar-refractivity contribution in [2.45, 2.75) is 19.8 Å². The van der Waals surface area contributed by atoms with Crippen molar-refractivity contribution in [1.29, 1.82) is 0 Å². The number of rotatable bonds is 3. The molecule has 5 heteroatoms. The van der Waals surface area contributed by atoms with E-state index in [4.69, 9.17) is 10.5 Å². The number of nitrogen functional groups attached to an aromatic ring is 1. The molecule has 0 atom stereocenters. The Labute approximate surface area is 96.2 Å². The molecule has 90 valence electrons. The van der Waals surface area contributed by atoms with Crippen molar-refractivity contribution in [3.63, 3.8) is 0 Å². The Balaban J connectivity index is 2.24. The minimum atomic E-state index is 0.772. The van der Waals surface area contributed by atoms with Gasteiger partial charge >= 0.3 is 0 Å². The van der Waals surface area contributed by atoms with Crippen LogP contribution in [-0.4, -0.2) is 36.1 Å². The Kier molecular flexibility index (Phi) is 3.33. The molecule has 0 unspecified atom stereocenters. The monoisotopic (exact) mass is 224 g/mol. The van der Waals surface area contributed by atoms with E-state index in [1.807, 2.05) is 11.7 Å². The van der Waals surface area contributed by atoms with Gasteiger partial charge in [0.15, 0.2) is 5.82 Å². The minimum Gasteiger partial charge on any atom is -0.394 e. The predicted octanol–water partition coefficient (Wildman–Crippen LogP) is 0.791. The van der Waals surface area contributed by atoms with Crippen LogP contribution >= 0.6 is 0 Å². The van der Waals surface area contributed by atoms with Crippen LogP contribution in [0.4, 0.5) is 11.5 Å². The van der Waals surface area contributed by atoms with Crippen LogP contribution in [0.3, 0.4) is 0 Å². The van der Waals surface area contributed by atoms with Gasteiger partial charge in [-0.25, -0.2) is 0 Å². The van der Waals surface area contributed by atoms with Crippen molar-refractivity contribution in [3.05, 3.63) is 5.69 Å². The molecule has 1 aromatic rings. The van der Waals surface area contributed by atoms with Gasteiger partial charge in [-0.05, 0) is 6.42 Å². The highest BCUT2D eigenvalue weighted by Gasteiger charge is 2.20. The van der Waals surface area contributed by atoms with Crippen LogP contribution in [0.25, 0.3) is 0 Å². The smallest absolute Gasteiger partial charge is 0.150 e. The molecule has 5 nitrogen and oxygen atoms in total. The van der Waals surface area contributed by atoms with Crippen LogP contribution in [-0.2, 0) is 18.2 Å². The van der Waals surface area contributed by atoms with Gasteiger partial charge in [0.2, 0.25) is 0 Å². The fourth-order valence-corrected chi connectivity index (χ4v) is 2.16. The normalized spacial score (nSPS) is 16.8. The highest BCUT2D eigenvalue weighted by atomic mass is 16.5. The molecule has 16 heavy (non-hydrogen) atoms. The minimum absolute atomic E-state index is 0.772. The lowest BCUT2D eigenvalue weighted by atomic mass is 10.2. The van der Waals surface area contributed by atoms with Crippen LogP contribution < -0.4 is 10.6 Å². The SMILES string of the molecule is CCCc1nn(C)c(N2CCOCC2)c1N. The second-order valence-electron chi connectivity index (χ2n) is 4.16. The van der Waals surface area contributed by atoms with E-state index in [1.54, 1.807) is 0 Å². The quantitative estimate of drug-likeness (QED) is 0.824. The highest BCUT2D eigenvalue weighted by molar-refractivity contribution is 5.66. The third-order valence-corrected chi connectivity index (χ3v) is 2.93. The number of hydrogen-bond donors (Lipinski definition) is 1. The van der Waals surface area contributed by atoms with Crippen LogP contribution in [0.1, 0.15) is 19.0 Å². The van der Waals surface area contributed by atoms with Gasteiger partial charge in [-0.15, -0.1) is 0 Å². The summed E-state index contributed by atoms with van der Waals surface area (Å²) in [5.41, 5.74) is 8.01. The molecule has 2 rings (SSSR count). The number of hydrogen-bond acceptors (Lipinski definition) is 4. The zero-order valence-corrected chi connectivity index (χ0v) is 10.1. The van der Waals surface area contributed by atoms with Crippen LogP contribution in [0.5, 0.6) is 0 Å². The van der Waals surface area contributed by atoms with Crippen molar-refractivity contribution in [2.24, 2.45) is 7.05 Å². The summed E-state index contributed by atoms with van der Waals surface area (Å²) in [4.78, 5) is 2.25. The van der Waals surface area contributed by atoms with Crippen molar-refractivity contribution in [1.82, 2.24) is 9.78 Å². The van der Waals surface area contributed by atoms with Crippen molar-refractivity contribution < 1.29 is 4.74 Å². The van der Waals surface area contributed by atoms with Gasteiger partial charge in [-0.1, -0.05) is 13.3 Å². The average molecular weight is 224 g/mol. The lowest BCUT2D eigenvalue weighted by Crippen LogP contribution is -2.37. The zero-order chi connectivity index (χ0) is 11.5. The lowest BCUT2D eigenvalue weighted by Gasteiger charge is -2.28. The summed E-state index contributed by atoms with van der Waals surface area (Å²) in [6.45, 7) is 5.48. The largest absolute Gasteiger partial charge is 0.394 e. The van der Waals surface area contributed by atoms with Gasteiger partial charge in [-0.3, -0.25) is 4.68 Å². The molecule has 1 aliphatic heterocycles. The Morgan fingerprint density at radius 1 is 1.38 bits per heavy atom. The molecule has 1 aliphatic rings. The first-order valence-corrected chi connectivity index (χ1v) is 5.88. The lowest BCUT2D eigenvalue weighted by molar-refractivity contribution is 0.122. The third kappa shape index (κ3) is 2.00. The maximum absolute atomic E-state index is 6.16.